The standard InChI is InChI=1S/C16H26N2O.ClH/c1-3-4-5-14-6-8-15(9-7-14)12-16(19)18-11-10-13(2)17;/h6-9,13H,3-5,10-12,17H2,1-2H3,(H,18,19);1H. The first-order valence-electron chi connectivity index (χ1n) is 7.22. The van der Waals surface area contributed by atoms with Crippen LogP contribution in [0.15, 0.2) is 24.3 Å². The van der Waals surface area contributed by atoms with Crippen LogP contribution in [0.1, 0.15) is 44.2 Å². The lowest BCUT2D eigenvalue weighted by Crippen LogP contribution is -2.29. The largest absolute Gasteiger partial charge is 0.356 e. The van der Waals surface area contributed by atoms with Crippen molar-refractivity contribution in [2.45, 2.75) is 52.0 Å². The Kier molecular flexibility index (Phi) is 10.1. The van der Waals surface area contributed by atoms with Crippen LogP contribution in [0.5, 0.6) is 0 Å². The van der Waals surface area contributed by atoms with Gasteiger partial charge in [0.15, 0.2) is 0 Å². The van der Waals surface area contributed by atoms with Crippen LogP contribution in [0, 0.1) is 0 Å². The van der Waals surface area contributed by atoms with Crippen molar-refractivity contribution >= 4 is 18.3 Å². The molecule has 0 bridgehead atoms. The maximum atomic E-state index is 11.7. The molecule has 0 heterocycles. The molecule has 0 spiro atoms. The predicted molar refractivity (Wildman–Crippen MR) is 87.3 cm³/mol. The van der Waals surface area contributed by atoms with Gasteiger partial charge in [-0.25, -0.2) is 0 Å². The lowest BCUT2D eigenvalue weighted by Gasteiger charge is -2.08. The minimum Gasteiger partial charge on any atom is -0.356 e. The SMILES string of the molecule is CCCCc1ccc(CC(=O)NCCC(C)N)cc1.Cl. The molecule has 114 valence electrons. The fourth-order valence-electron chi connectivity index (χ4n) is 1.89. The van der Waals surface area contributed by atoms with Gasteiger partial charge in [-0.05, 0) is 37.3 Å². The zero-order valence-electron chi connectivity index (χ0n) is 12.5. The monoisotopic (exact) mass is 298 g/mol. The molecule has 1 rings (SSSR count). The summed E-state index contributed by atoms with van der Waals surface area (Å²) in [4.78, 5) is 11.7. The third-order valence-electron chi connectivity index (χ3n) is 3.13. The summed E-state index contributed by atoms with van der Waals surface area (Å²) in [6.45, 7) is 4.80. The predicted octanol–water partition coefficient (Wildman–Crippen LogP) is 2.85. The van der Waals surface area contributed by atoms with Gasteiger partial charge in [0.05, 0.1) is 6.42 Å². The van der Waals surface area contributed by atoms with Gasteiger partial charge >= 0.3 is 0 Å². The van der Waals surface area contributed by atoms with Crippen LogP contribution in [-0.2, 0) is 17.6 Å². The Labute approximate surface area is 128 Å². The molecule has 0 saturated carbocycles. The van der Waals surface area contributed by atoms with Gasteiger partial charge in [0.1, 0.15) is 0 Å². The summed E-state index contributed by atoms with van der Waals surface area (Å²) in [5.41, 5.74) is 8.05. The smallest absolute Gasteiger partial charge is 0.224 e. The van der Waals surface area contributed by atoms with Crippen LogP contribution in [0.25, 0.3) is 0 Å². The van der Waals surface area contributed by atoms with Crippen molar-refractivity contribution in [2.24, 2.45) is 5.73 Å². The van der Waals surface area contributed by atoms with Crippen LogP contribution in [-0.4, -0.2) is 18.5 Å². The van der Waals surface area contributed by atoms with E-state index in [4.69, 9.17) is 5.73 Å². The van der Waals surface area contributed by atoms with Crippen LogP contribution < -0.4 is 11.1 Å². The van der Waals surface area contributed by atoms with Gasteiger partial charge in [0.25, 0.3) is 0 Å². The second kappa shape index (κ2) is 10.7. The number of hydrogen-bond acceptors (Lipinski definition) is 2. The van der Waals surface area contributed by atoms with E-state index in [9.17, 15) is 4.79 Å². The van der Waals surface area contributed by atoms with E-state index < -0.39 is 0 Å². The van der Waals surface area contributed by atoms with Crippen molar-refractivity contribution in [3.8, 4) is 0 Å². The highest BCUT2D eigenvalue weighted by atomic mass is 35.5. The molecule has 0 saturated heterocycles. The molecule has 1 amide bonds. The van der Waals surface area contributed by atoms with E-state index >= 15 is 0 Å². The maximum Gasteiger partial charge on any atom is 0.224 e. The van der Waals surface area contributed by atoms with Gasteiger partial charge in [-0.3, -0.25) is 4.79 Å². The Morgan fingerprint density at radius 3 is 2.40 bits per heavy atom. The van der Waals surface area contributed by atoms with E-state index in [-0.39, 0.29) is 24.4 Å². The number of nitrogens with one attached hydrogen (secondary N) is 1. The van der Waals surface area contributed by atoms with Crippen molar-refractivity contribution in [3.05, 3.63) is 35.4 Å². The summed E-state index contributed by atoms with van der Waals surface area (Å²) >= 11 is 0. The van der Waals surface area contributed by atoms with Crippen molar-refractivity contribution in [1.82, 2.24) is 5.32 Å². The number of halogens is 1. The van der Waals surface area contributed by atoms with Crippen LogP contribution in [0.2, 0.25) is 0 Å². The number of benzene rings is 1. The number of carbonyl (C=O) groups excluding carboxylic acids is 1. The topological polar surface area (TPSA) is 55.1 Å². The van der Waals surface area contributed by atoms with Crippen molar-refractivity contribution in [3.63, 3.8) is 0 Å². The Bertz CT molecular complexity index is 377. The number of hydrogen-bond donors (Lipinski definition) is 2. The molecule has 0 fully saturated rings. The second-order valence-corrected chi connectivity index (χ2v) is 5.21. The second-order valence-electron chi connectivity index (χ2n) is 5.21. The molecular weight excluding hydrogens is 272 g/mol. The first kappa shape index (κ1) is 18.9. The van der Waals surface area contributed by atoms with Crippen molar-refractivity contribution in [1.29, 1.82) is 0 Å². The summed E-state index contributed by atoms with van der Waals surface area (Å²) in [7, 11) is 0. The van der Waals surface area contributed by atoms with Gasteiger partial charge in [-0.15, -0.1) is 12.4 Å². The van der Waals surface area contributed by atoms with E-state index in [1.807, 2.05) is 6.92 Å². The van der Waals surface area contributed by atoms with Gasteiger partial charge in [0, 0.05) is 12.6 Å². The minimum atomic E-state index is 0. The molecule has 1 aromatic rings. The van der Waals surface area contributed by atoms with Crippen LogP contribution in [0.3, 0.4) is 0 Å². The molecule has 4 heteroatoms. The maximum absolute atomic E-state index is 11.7. The Hall–Kier alpha value is -1.06. The summed E-state index contributed by atoms with van der Waals surface area (Å²) in [5.74, 6) is 0.0713. The lowest BCUT2D eigenvalue weighted by molar-refractivity contribution is -0.120. The molecule has 0 aliphatic carbocycles. The summed E-state index contributed by atoms with van der Waals surface area (Å²) in [6.07, 6.45) is 4.83. The molecule has 20 heavy (non-hydrogen) atoms. The highest BCUT2D eigenvalue weighted by Gasteiger charge is 2.03. The fourth-order valence-corrected chi connectivity index (χ4v) is 1.89. The van der Waals surface area contributed by atoms with E-state index in [1.165, 1.54) is 18.4 Å². The summed E-state index contributed by atoms with van der Waals surface area (Å²) in [6, 6.07) is 8.49. The van der Waals surface area contributed by atoms with Crippen LogP contribution >= 0.6 is 12.4 Å². The molecule has 0 aliphatic rings. The Balaban J connectivity index is 0.00000361. The van der Waals surface area contributed by atoms with Gasteiger partial charge in [0.2, 0.25) is 5.91 Å². The summed E-state index contributed by atoms with van der Waals surface area (Å²) < 4.78 is 0. The van der Waals surface area contributed by atoms with E-state index in [2.05, 4.69) is 36.5 Å². The average molecular weight is 299 g/mol. The zero-order chi connectivity index (χ0) is 14.1. The van der Waals surface area contributed by atoms with Gasteiger partial charge < -0.3 is 11.1 Å². The molecule has 0 aliphatic heterocycles. The quantitative estimate of drug-likeness (QED) is 0.775. The minimum absolute atomic E-state index is 0. The normalized spacial score (nSPS) is 11.6. The number of nitrogens with two attached hydrogens (primary N) is 1. The van der Waals surface area contributed by atoms with Crippen molar-refractivity contribution in [2.75, 3.05) is 6.54 Å². The molecule has 0 radical (unpaired) electrons. The van der Waals surface area contributed by atoms with Gasteiger partial charge in [-0.1, -0.05) is 37.6 Å². The van der Waals surface area contributed by atoms with E-state index in [1.54, 1.807) is 0 Å². The number of unbranched alkanes of at least 4 members (excludes halogenated alkanes) is 1. The fraction of sp³-hybridized carbons (Fsp3) is 0.562. The number of aryl methyl sites for hydroxylation is 1. The van der Waals surface area contributed by atoms with Crippen LogP contribution in [0.4, 0.5) is 0 Å². The number of amides is 1. The zero-order valence-corrected chi connectivity index (χ0v) is 13.3. The molecule has 3 N–H and O–H groups in total. The number of rotatable bonds is 8. The highest BCUT2D eigenvalue weighted by molar-refractivity contribution is 5.85. The molecule has 1 unspecified atom stereocenters. The average Bonchev–Trinajstić information content (AvgIpc) is 2.37. The lowest BCUT2D eigenvalue weighted by atomic mass is 10.0. The molecule has 1 aromatic carbocycles. The first-order valence-corrected chi connectivity index (χ1v) is 7.22. The third kappa shape index (κ3) is 8.18. The summed E-state index contributed by atoms with van der Waals surface area (Å²) in [5, 5.41) is 2.89. The third-order valence-corrected chi connectivity index (χ3v) is 3.13. The first-order chi connectivity index (χ1) is 9.11. The van der Waals surface area contributed by atoms with E-state index in [0.29, 0.717) is 13.0 Å². The number of carbonyl (C=O) groups is 1. The van der Waals surface area contributed by atoms with Crippen molar-refractivity contribution < 1.29 is 4.79 Å². The Morgan fingerprint density at radius 1 is 1.25 bits per heavy atom. The molecular formula is C16H27ClN2O. The highest BCUT2D eigenvalue weighted by Crippen LogP contribution is 2.08. The van der Waals surface area contributed by atoms with E-state index in [0.717, 1.165) is 18.4 Å². The molecule has 3 nitrogen and oxygen atoms in total. The van der Waals surface area contributed by atoms with Gasteiger partial charge in [-0.2, -0.15) is 0 Å². The molecule has 1 atom stereocenters. The Morgan fingerprint density at radius 2 is 1.85 bits per heavy atom. The molecule has 0 aromatic heterocycles.